The molecule has 6 atom stereocenters. The van der Waals surface area contributed by atoms with Crippen LogP contribution in [-0.2, 0) is 36.8 Å². The zero-order chi connectivity index (χ0) is 38.9. The van der Waals surface area contributed by atoms with Gasteiger partial charge in [0, 0.05) is 37.5 Å². The van der Waals surface area contributed by atoms with E-state index in [1.807, 2.05) is 19.9 Å². The van der Waals surface area contributed by atoms with E-state index in [1.165, 1.54) is 24.8 Å². The molecule has 16 nitrogen and oxygen atoms in total. The molecular weight excluding hydrogens is 698 g/mol. The molecule has 1 aromatic heterocycles. The second-order valence-corrected chi connectivity index (χ2v) is 13.9. The van der Waals surface area contributed by atoms with Crippen molar-refractivity contribution in [1.29, 1.82) is 0 Å². The van der Waals surface area contributed by atoms with Crippen molar-refractivity contribution in [3.8, 4) is 5.75 Å². The summed E-state index contributed by atoms with van der Waals surface area (Å²) in [6.07, 6.45) is -0.931. The quantitative estimate of drug-likeness (QED) is 0.190. The van der Waals surface area contributed by atoms with Gasteiger partial charge in [0.2, 0.25) is 23.6 Å². The van der Waals surface area contributed by atoms with Gasteiger partial charge in [0.1, 0.15) is 35.7 Å². The lowest BCUT2D eigenvalue weighted by atomic mass is 10.0. The van der Waals surface area contributed by atoms with Crippen LogP contribution in [0.5, 0.6) is 5.75 Å². The third kappa shape index (κ3) is 10.2. The van der Waals surface area contributed by atoms with Gasteiger partial charge in [-0.25, -0.2) is 0 Å². The number of nitrogens with zero attached hydrogens (tertiary/aromatic N) is 2. The number of amides is 6. The summed E-state index contributed by atoms with van der Waals surface area (Å²) in [5.74, 6) is -2.98. The molecule has 0 radical (unpaired) electrons. The number of ether oxygens (including phenoxy) is 1. The van der Waals surface area contributed by atoms with Crippen LogP contribution in [0.1, 0.15) is 67.4 Å². The van der Waals surface area contributed by atoms with Crippen LogP contribution in [0, 0.1) is 0 Å². The highest BCUT2D eigenvalue weighted by molar-refractivity contribution is 5.97. The average molecular weight is 746 g/mol. The Kier molecular flexibility index (Phi) is 13.0. The molecule has 6 rings (SSSR count). The molecule has 6 amide bonds. The second kappa shape index (κ2) is 17.8. The van der Waals surface area contributed by atoms with E-state index in [2.05, 4.69) is 31.7 Å². The number of hydrogen-bond acceptors (Lipinski definition) is 10. The molecular formula is C38H47N7O9. The number of aliphatic hydroxyl groups excluding tert-OH is 1. The fourth-order valence-corrected chi connectivity index (χ4v) is 6.25. The molecule has 3 aliphatic heterocycles. The maximum atomic E-state index is 14.5. The van der Waals surface area contributed by atoms with Gasteiger partial charge >= 0.3 is 0 Å². The zero-order valence-electron chi connectivity index (χ0n) is 30.7. The normalized spacial score (nSPS) is 23.9. The van der Waals surface area contributed by atoms with Gasteiger partial charge in [0.25, 0.3) is 11.8 Å². The highest BCUT2D eigenvalue weighted by Gasteiger charge is 2.44. The van der Waals surface area contributed by atoms with E-state index < -0.39 is 78.4 Å². The molecule has 3 aromatic rings. The number of aromatic nitrogens is 1. The van der Waals surface area contributed by atoms with Crippen LogP contribution in [0.2, 0.25) is 0 Å². The first kappa shape index (κ1) is 39.4. The predicted molar refractivity (Wildman–Crippen MR) is 194 cm³/mol. The van der Waals surface area contributed by atoms with Gasteiger partial charge in [-0.15, -0.1) is 0 Å². The minimum absolute atomic E-state index is 0.0210. The predicted octanol–water partition coefficient (Wildman–Crippen LogP) is 0.346. The summed E-state index contributed by atoms with van der Waals surface area (Å²) in [6, 6.07) is 11.8. The van der Waals surface area contributed by atoms with E-state index in [4.69, 9.17) is 9.26 Å². The smallest absolute Gasteiger partial charge is 0.273 e. The van der Waals surface area contributed by atoms with Crippen LogP contribution in [-0.4, -0.2) is 107 Å². The van der Waals surface area contributed by atoms with Gasteiger partial charge in [-0.1, -0.05) is 61.5 Å². The monoisotopic (exact) mass is 745 g/mol. The third-order valence-corrected chi connectivity index (χ3v) is 9.29. The number of rotatable bonds is 6. The summed E-state index contributed by atoms with van der Waals surface area (Å²) < 4.78 is 11.0. The number of hydrogen-bond donors (Lipinski definition) is 6. The molecule has 16 heteroatoms. The Hall–Kier alpha value is -5.77. The fourth-order valence-electron chi connectivity index (χ4n) is 6.25. The van der Waals surface area contributed by atoms with Crippen LogP contribution >= 0.6 is 0 Å². The van der Waals surface area contributed by atoms with Gasteiger partial charge in [0.05, 0.1) is 6.10 Å². The molecule has 2 bridgehead atoms. The summed E-state index contributed by atoms with van der Waals surface area (Å²) in [5, 5.41) is 27.9. The number of benzene rings is 2. The topological polar surface area (TPSA) is 221 Å². The number of aliphatic hydroxyl groups is 1. The minimum atomic E-state index is -1.50. The van der Waals surface area contributed by atoms with Crippen LogP contribution in [0.25, 0.3) is 0 Å². The molecule has 0 spiro atoms. The summed E-state index contributed by atoms with van der Waals surface area (Å²) in [7, 11) is 0. The molecule has 3 aliphatic rings. The molecule has 54 heavy (non-hydrogen) atoms. The highest BCUT2D eigenvalue weighted by Crippen LogP contribution is 2.23. The molecule has 1 fully saturated rings. The standard InChI is InChI=1S/C38H47N7O9/c1-21(2)31-18-28(44-54-31)35(49)41-26-17-30-36(50)43-33(23(4)46)37(51)40-22(3)34(48)39-15-14-24-10-12-27(13-11-24)53-20-32(47)42-29(38(52)45(30)19-26)16-25-8-6-5-7-9-25/h5-13,18,21-23,26,29-30,33,46H,14-17,19-20H2,1-4H3,(H,39,48)(H,40,51)(H,41,49)(H,42,47)(H,43,50)/t22-,23+,26-,29-,30-,33-/m0/s1. The van der Waals surface area contributed by atoms with E-state index in [9.17, 15) is 33.9 Å². The van der Waals surface area contributed by atoms with Crippen molar-refractivity contribution in [3.05, 3.63) is 83.2 Å². The van der Waals surface area contributed by atoms with Gasteiger partial charge < -0.3 is 45.9 Å². The van der Waals surface area contributed by atoms with Crippen molar-refractivity contribution in [2.75, 3.05) is 19.7 Å². The Labute approximate surface area is 312 Å². The molecule has 6 N–H and O–H groups in total. The van der Waals surface area contributed by atoms with Crippen LogP contribution in [0.4, 0.5) is 0 Å². The van der Waals surface area contributed by atoms with Gasteiger partial charge in [-0.2, -0.15) is 0 Å². The first-order valence-corrected chi connectivity index (χ1v) is 18.0. The minimum Gasteiger partial charge on any atom is -0.484 e. The van der Waals surface area contributed by atoms with Crippen molar-refractivity contribution in [3.63, 3.8) is 0 Å². The van der Waals surface area contributed by atoms with Crippen molar-refractivity contribution in [2.24, 2.45) is 0 Å². The summed E-state index contributed by atoms with van der Waals surface area (Å²) >= 11 is 0. The molecule has 0 saturated carbocycles. The Balaban J connectivity index is 1.46. The number of nitrogens with one attached hydrogen (secondary N) is 5. The summed E-state index contributed by atoms with van der Waals surface area (Å²) in [4.78, 5) is 82.5. The SMILES string of the molecule is CC(C)c1cc(C(=O)N[C@H]2C[C@H]3C(=O)N[C@@H]([C@@H](C)O)C(=O)N[C@@H](C)C(=O)NCCc4ccc(cc4)OCC(=O)N[C@@H](Cc4ccccc4)C(=O)N3C2)no1. The maximum Gasteiger partial charge on any atom is 0.273 e. The first-order chi connectivity index (χ1) is 25.8. The van der Waals surface area contributed by atoms with E-state index in [-0.39, 0.29) is 37.5 Å². The van der Waals surface area contributed by atoms with Crippen molar-refractivity contribution in [1.82, 2.24) is 36.6 Å². The maximum absolute atomic E-state index is 14.5. The molecule has 4 heterocycles. The molecule has 1 saturated heterocycles. The van der Waals surface area contributed by atoms with Gasteiger partial charge in [-0.3, -0.25) is 28.8 Å². The van der Waals surface area contributed by atoms with Gasteiger partial charge in [-0.05, 0) is 49.9 Å². The third-order valence-electron chi connectivity index (χ3n) is 9.29. The lowest BCUT2D eigenvalue weighted by molar-refractivity contribution is -0.143. The van der Waals surface area contributed by atoms with Crippen molar-refractivity contribution >= 4 is 35.4 Å². The van der Waals surface area contributed by atoms with Crippen molar-refractivity contribution < 1.29 is 43.1 Å². The number of fused-ring (bicyclic) bond motifs is 16. The fraction of sp³-hybridized carbons (Fsp3) is 0.447. The Morgan fingerprint density at radius 2 is 1.69 bits per heavy atom. The largest absolute Gasteiger partial charge is 0.484 e. The Morgan fingerprint density at radius 3 is 2.35 bits per heavy atom. The first-order valence-electron chi connectivity index (χ1n) is 18.0. The van der Waals surface area contributed by atoms with E-state index in [0.29, 0.717) is 17.9 Å². The Morgan fingerprint density at radius 1 is 0.963 bits per heavy atom. The van der Waals surface area contributed by atoms with E-state index in [0.717, 1.165) is 11.1 Å². The molecule has 288 valence electrons. The summed E-state index contributed by atoms with van der Waals surface area (Å²) in [6.45, 7) is 6.27. The van der Waals surface area contributed by atoms with Crippen LogP contribution in [0.15, 0.2) is 65.2 Å². The lowest BCUT2D eigenvalue weighted by Gasteiger charge is -2.30. The molecule has 0 unspecified atom stereocenters. The van der Waals surface area contributed by atoms with Gasteiger partial charge in [0.15, 0.2) is 12.3 Å². The molecule has 0 aliphatic carbocycles. The zero-order valence-corrected chi connectivity index (χ0v) is 30.7. The Bertz CT molecular complexity index is 1810. The summed E-state index contributed by atoms with van der Waals surface area (Å²) in [5.41, 5.74) is 1.63. The second-order valence-electron chi connectivity index (χ2n) is 13.9. The number of carbonyl (C=O) groups is 6. The number of carbonyl (C=O) groups excluding carboxylic acids is 6. The van der Waals surface area contributed by atoms with E-state index >= 15 is 0 Å². The highest BCUT2D eigenvalue weighted by atomic mass is 16.5. The van der Waals surface area contributed by atoms with E-state index in [1.54, 1.807) is 48.5 Å². The van der Waals surface area contributed by atoms with Crippen LogP contribution in [0.3, 0.4) is 0 Å². The molecule has 2 aromatic carbocycles. The van der Waals surface area contributed by atoms with Crippen LogP contribution < -0.4 is 31.3 Å². The lowest BCUT2D eigenvalue weighted by Crippen LogP contribution is -2.60. The van der Waals surface area contributed by atoms with Crippen molar-refractivity contribution in [2.45, 2.75) is 89.2 Å². The average Bonchev–Trinajstić information content (AvgIpc) is 3.81.